The fraction of sp³-hybridized carbons (Fsp3) is 1.00. The van der Waals surface area contributed by atoms with E-state index in [4.69, 9.17) is 0 Å². The van der Waals surface area contributed by atoms with Gasteiger partial charge in [-0.2, -0.15) is 0 Å². The Hall–Kier alpha value is -0.0800. The molecule has 0 aromatic carbocycles. The van der Waals surface area contributed by atoms with Gasteiger partial charge in [0.15, 0.2) is 0 Å². The average molecular weight is 213 g/mol. The molecule has 0 radical (unpaired) electrons. The Kier molecular flexibility index (Phi) is 5.62. The second-order valence-electron chi connectivity index (χ2n) is 5.54. The molecule has 3 atom stereocenters. The van der Waals surface area contributed by atoms with Crippen molar-refractivity contribution in [2.75, 3.05) is 6.61 Å². The van der Waals surface area contributed by atoms with Gasteiger partial charge in [0, 0.05) is 12.1 Å². The lowest BCUT2D eigenvalue weighted by Gasteiger charge is -2.33. The Bertz CT molecular complexity index is 170. The summed E-state index contributed by atoms with van der Waals surface area (Å²) in [5.74, 6) is 1.44. The Morgan fingerprint density at radius 3 is 2.47 bits per heavy atom. The van der Waals surface area contributed by atoms with E-state index in [1.807, 2.05) is 0 Å². The van der Waals surface area contributed by atoms with Crippen LogP contribution in [0.1, 0.15) is 52.9 Å². The molecule has 0 saturated heterocycles. The van der Waals surface area contributed by atoms with E-state index in [1.165, 1.54) is 25.7 Å². The summed E-state index contributed by atoms with van der Waals surface area (Å²) in [7, 11) is 0. The van der Waals surface area contributed by atoms with Crippen molar-refractivity contribution in [3.63, 3.8) is 0 Å². The first-order valence-corrected chi connectivity index (χ1v) is 6.50. The van der Waals surface area contributed by atoms with Crippen LogP contribution in [0.2, 0.25) is 0 Å². The van der Waals surface area contributed by atoms with E-state index >= 15 is 0 Å². The van der Waals surface area contributed by atoms with Crippen LogP contribution < -0.4 is 5.32 Å². The van der Waals surface area contributed by atoms with Crippen molar-refractivity contribution < 1.29 is 5.11 Å². The van der Waals surface area contributed by atoms with E-state index in [0.29, 0.717) is 18.0 Å². The van der Waals surface area contributed by atoms with Crippen molar-refractivity contribution in [3.8, 4) is 0 Å². The zero-order valence-electron chi connectivity index (χ0n) is 10.5. The molecule has 2 N–H and O–H groups in total. The van der Waals surface area contributed by atoms with E-state index < -0.39 is 0 Å². The van der Waals surface area contributed by atoms with Crippen LogP contribution >= 0.6 is 0 Å². The van der Waals surface area contributed by atoms with E-state index in [9.17, 15) is 5.11 Å². The van der Waals surface area contributed by atoms with Gasteiger partial charge in [-0.15, -0.1) is 0 Å². The fourth-order valence-electron chi connectivity index (χ4n) is 2.63. The predicted octanol–water partition coefficient (Wildman–Crippen LogP) is 2.56. The van der Waals surface area contributed by atoms with Gasteiger partial charge in [0.05, 0.1) is 6.61 Å². The predicted molar refractivity (Wildman–Crippen MR) is 64.9 cm³/mol. The van der Waals surface area contributed by atoms with Crippen molar-refractivity contribution in [1.29, 1.82) is 0 Å². The summed E-state index contributed by atoms with van der Waals surface area (Å²) >= 11 is 0. The standard InChI is InChI=1S/C13H27NO/c1-10(2)8-12(9-15)14-13-7-5-4-6-11(13)3/h10-15H,4-9H2,1-3H3. The molecule has 0 spiro atoms. The number of hydrogen-bond acceptors (Lipinski definition) is 2. The van der Waals surface area contributed by atoms with Crippen LogP contribution in [0.25, 0.3) is 0 Å². The lowest BCUT2D eigenvalue weighted by molar-refractivity contribution is 0.181. The molecule has 0 heterocycles. The number of aliphatic hydroxyl groups is 1. The fourth-order valence-corrected chi connectivity index (χ4v) is 2.63. The molecule has 0 aliphatic heterocycles. The molecule has 2 heteroatoms. The van der Waals surface area contributed by atoms with Gasteiger partial charge in [0.1, 0.15) is 0 Å². The second-order valence-corrected chi connectivity index (χ2v) is 5.54. The number of hydrogen-bond donors (Lipinski definition) is 2. The summed E-state index contributed by atoms with van der Waals surface area (Å²) in [5, 5.41) is 13.0. The Labute approximate surface area is 94.5 Å². The Morgan fingerprint density at radius 2 is 1.93 bits per heavy atom. The topological polar surface area (TPSA) is 32.3 Å². The molecule has 0 aromatic rings. The quantitative estimate of drug-likeness (QED) is 0.735. The van der Waals surface area contributed by atoms with Gasteiger partial charge < -0.3 is 10.4 Å². The summed E-state index contributed by atoms with van der Waals surface area (Å²) < 4.78 is 0. The molecule has 1 aliphatic carbocycles. The number of nitrogens with one attached hydrogen (secondary N) is 1. The maximum Gasteiger partial charge on any atom is 0.0584 e. The number of aliphatic hydroxyl groups excluding tert-OH is 1. The van der Waals surface area contributed by atoms with E-state index in [0.717, 1.165) is 12.3 Å². The first-order valence-electron chi connectivity index (χ1n) is 6.50. The molecule has 1 saturated carbocycles. The number of rotatable bonds is 5. The molecule has 15 heavy (non-hydrogen) atoms. The maximum absolute atomic E-state index is 9.33. The van der Waals surface area contributed by atoms with Crippen molar-refractivity contribution in [1.82, 2.24) is 5.32 Å². The lowest BCUT2D eigenvalue weighted by Crippen LogP contribution is -2.45. The van der Waals surface area contributed by atoms with E-state index in [-0.39, 0.29) is 6.61 Å². The minimum atomic E-state index is 0.279. The zero-order valence-corrected chi connectivity index (χ0v) is 10.5. The minimum absolute atomic E-state index is 0.279. The van der Waals surface area contributed by atoms with Crippen LogP contribution in [0.4, 0.5) is 0 Å². The first kappa shape index (κ1) is 13.0. The first-order chi connectivity index (χ1) is 7.13. The van der Waals surface area contributed by atoms with Crippen LogP contribution in [0.5, 0.6) is 0 Å². The lowest BCUT2D eigenvalue weighted by atomic mass is 9.85. The zero-order chi connectivity index (χ0) is 11.3. The van der Waals surface area contributed by atoms with Crippen molar-refractivity contribution in [2.45, 2.75) is 65.0 Å². The third-order valence-corrected chi connectivity index (χ3v) is 3.54. The summed E-state index contributed by atoms with van der Waals surface area (Å²) in [6.07, 6.45) is 6.45. The molecule has 0 amide bonds. The molecule has 3 unspecified atom stereocenters. The maximum atomic E-state index is 9.33. The molecule has 0 bridgehead atoms. The molecular weight excluding hydrogens is 186 g/mol. The molecule has 2 nitrogen and oxygen atoms in total. The van der Waals surface area contributed by atoms with Crippen LogP contribution in [0.3, 0.4) is 0 Å². The summed E-state index contributed by atoms with van der Waals surface area (Å²) in [5.41, 5.74) is 0. The summed E-state index contributed by atoms with van der Waals surface area (Å²) in [6.45, 7) is 7.05. The van der Waals surface area contributed by atoms with Crippen molar-refractivity contribution >= 4 is 0 Å². The Balaban J connectivity index is 2.35. The normalized spacial score (nSPS) is 29.4. The highest BCUT2D eigenvalue weighted by molar-refractivity contribution is 4.81. The summed E-state index contributed by atoms with van der Waals surface area (Å²) in [6, 6.07) is 0.935. The van der Waals surface area contributed by atoms with Gasteiger partial charge in [0.25, 0.3) is 0 Å². The highest BCUT2D eigenvalue weighted by Crippen LogP contribution is 2.24. The highest BCUT2D eigenvalue weighted by Gasteiger charge is 2.23. The highest BCUT2D eigenvalue weighted by atomic mass is 16.3. The summed E-state index contributed by atoms with van der Waals surface area (Å²) in [4.78, 5) is 0. The largest absolute Gasteiger partial charge is 0.395 e. The third kappa shape index (κ3) is 4.52. The van der Waals surface area contributed by atoms with Crippen LogP contribution in [0.15, 0.2) is 0 Å². The second kappa shape index (κ2) is 6.49. The molecule has 1 rings (SSSR count). The van der Waals surface area contributed by atoms with Crippen LogP contribution in [-0.4, -0.2) is 23.8 Å². The molecule has 1 aliphatic rings. The van der Waals surface area contributed by atoms with Gasteiger partial charge in [-0.1, -0.05) is 33.6 Å². The smallest absolute Gasteiger partial charge is 0.0584 e. The van der Waals surface area contributed by atoms with Crippen molar-refractivity contribution in [2.24, 2.45) is 11.8 Å². The van der Waals surface area contributed by atoms with Gasteiger partial charge in [-0.3, -0.25) is 0 Å². The molecule has 90 valence electrons. The SMILES string of the molecule is CC(C)CC(CO)NC1CCCCC1C. The van der Waals surface area contributed by atoms with Crippen LogP contribution in [-0.2, 0) is 0 Å². The molecule has 1 fully saturated rings. The minimum Gasteiger partial charge on any atom is -0.395 e. The Morgan fingerprint density at radius 1 is 1.27 bits per heavy atom. The average Bonchev–Trinajstić information content (AvgIpc) is 2.19. The monoisotopic (exact) mass is 213 g/mol. The van der Waals surface area contributed by atoms with Gasteiger partial charge in [-0.25, -0.2) is 0 Å². The van der Waals surface area contributed by atoms with Gasteiger partial charge in [-0.05, 0) is 31.1 Å². The van der Waals surface area contributed by atoms with Crippen molar-refractivity contribution in [3.05, 3.63) is 0 Å². The van der Waals surface area contributed by atoms with Gasteiger partial charge >= 0.3 is 0 Å². The van der Waals surface area contributed by atoms with E-state index in [2.05, 4.69) is 26.1 Å². The van der Waals surface area contributed by atoms with E-state index in [1.54, 1.807) is 0 Å². The van der Waals surface area contributed by atoms with Gasteiger partial charge in [0.2, 0.25) is 0 Å². The van der Waals surface area contributed by atoms with Crippen LogP contribution in [0, 0.1) is 11.8 Å². The molecule has 0 aromatic heterocycles. The third-order valence-electron chi connectivity index (χ3n) is 3.54. The molecular formula is C13H27NO.